The minimum atomic E-state index is -5.75. The van der Waals surface area contributed by atoms with Crippen molar-refractivity contribution in [2.75, 3.05) is 0 Å². The molecule has 0 saturated carbocycles. The molecule has 0 unspecified atom stereocenters. The molecule has 1 aromatic carbocycles. The van der Waals surface area contributed by atoms with Crippen LogP contribution in [0.1, 0.15) is 26.3 Å². The average Bonchev–Trinajstić information content (AvgIpc) is 2.41. The smallest absolute Gasteiger partial charge is 0.444 e. The molecular weight excluding hydrogens is 369 g/mol. The van der Waals surface area contributed by atoms with Gasteiger partial charge in [0.2, 0.25) is 0 Å². The SMILES string of the molecule is CC(C)(C)OC(=O)NCc1cc([N+](=O)[O-])ccc1S(=O)(=O)C(F)(F)F. The first-order chi connectivity index (χ1) is 11.1. The van der Waals surface area contributed by atoms with Crippen LogP contribution in [0.2, 0.25) is 0 Å². The molecule has 0 spiro atoms. The van der Waals surface area contributed by atoms with Crippen molar-refractivity contribution in [2.24, 2.45) is 0 Å². The van der Waals surface area contributed by atoms with Gasteiger partial charge < -0.3 is 10.1 Å². The molecule has 1 N–H and O–H groups in total. The summed E-state index contributed by atoms with van der Waals surface area (Å²) in [4.78, 5) is 20.2. The number of ether oxygens (including phenoxy) is 1. The topological polar surface area (TPSA) is 116 Å². The van der Waals surface area contributed by atoms with E-state index in [1.165, 1.54) is 0 Å². The first kappa shape index (κ1) is 20.7. The Kier molecular flexibility index (Phi) is 5.67. The number of benzene rings is 1. The number of hydrogen-bond donors (Lipinski definition) is 1. The van der Waals surface area contributed by atoms with Crippen LogP contribution in [0.25, 0.3) is 0 Å². The molecule has 1 aromatic rings. The van der Waals surface area contributed by atoms with Gasteiger partial charge in [0, 0.05) is 18.7 Å². The number of hydrogen-bond acceptors (Lipinski definition) is 6. The van der Waals surface area contributed by atoms with Crippen LogP contribution < -0.4 is 5.32 Å². The number of halogens is 3. The number of nitro benzene ring substituents is 1. The summed E-state index contributed by atoms with van der Waals surface area (Å²) in [5.41, 5.74) is -7.70. The Hall–Kier alpha value is -2.37. The number of alkyl halides is 3. The third-order valence-corrected chi connectivity index (χ3v) is 4.26. The first-order valence-corrected chi connectivity index (χ1v) is 8.19. The summed E-state index contributed by atoms with van der Waals surface area (Å²) in [7, 11) is -5.75. The van der Waals surface area contributed by atoms with E-state index in [9.17, 15) is 36.5 Å². The van der Waals surface area contributed by atoms with Crippen LogP contribution in [0.3, 0.4) is 0 Å². The van der Waals surface area contributed by atoms with Crippen LogP contribution in [0.5, 0.6) is 0 Å². The predicted molar refractivity (Wildman–Crippen MR) is 79.4 cm³/mol. The van der Waals surface area contributed by atoms with Crippen molar-refractivity contribution in [3.8, 4) is 0 Å². The molecule has 25 heavy (non-hydrogen) atoms. The van der Waals surface area contributed by atoms with Gasteiger partial charge in [0.05, 0.1) is 9.82 Å². The standard InChI is InChI=1S/C13H15F3N2O6S/c1-12(2,3)24-11(19)17-7-8-6-9(18(20)21)4-5-10(8)25(22,23)13(14,15)16/h4-6H,7H2,1-3H3,(H,17,19). The van der Waals surface area contributed by atoms with E-state index in [2.05, 4.69) is 5.32 Å². The molecular formula is C13H15F3N2O6S. The van der Waals surface area contributed by atoms with Crippen LogP contribution in [0.4, 0.5) is 23.7 Å². The Morgan fingerprint density at radius 2 is 1.84 bits per heavy atom. The first-order valence-electron chi connectivity index (χ1n) is 6.70. The van der Waals surface area contributed by atoms with Gasteiger partial charge in [-0.25, -0.2) is 13.2 Å². The summed E-state index contributed by atoms with van der Waals surface area (Å²) in [6, 6.07) is 1.76. The Bertz CT molecular complexity index is 784. The zero-order chi connectivity index (χ0) is 19.6. The van der Waals surface area contributed by atoms with Crippen LogP contribution in [0.15, 0.2) is 23.1 Å². The molecule has 0 bridgehead atoms. The zero-order valence-corrected chi connectivity index (χ0v) is 14.2. The molecule has 1 amide bonds. The van der Waals surface area contributed by atoms with Gasteiger partial charge in [0.15, 0.2) is 0 Å². The maximum Gasteiger partial charge on any atom is 0.501 e. The Labute approximate surface area is 141 Å². The van der Waals surface area contributed by atoms with Crippen LogP contribution in [0, 0.1) is 10.1 Å². The second-order valence-corrected chi connectivity index (χ2v) is 7.76. The van der Waals surface area contributed by atoms with Gasteiger partial charge in [-0.2, -0.15) is 13.2 Å². The highest BCUT2D eigenvalue weighted by Gasteiger charge is 2.48. The molecule has 8 nitrogen and oxygen atoms in total. The lowest BCUT2D eigenvalue weighted by molar-refractivity contribution is -0.385. The van der Waals surface area contributed by atoms with Crippen molar-refractivity contribution in [3.63, 3.8) is 0 Å². The van der Waals surface area contributed by atoms with E-state index < -0.39 is 54.7 Å². The van der Waals surface area contributed by atoms with Crippen molar-refractivity contribution in [1.82, 2.24) is 5.32 Å². The summed E-state index contributed by atoms with van der Waals surface area (Å²) in [6.45, 7) is 3.92. The summed E-state index contributed by atoms with van der Waals surface area (Å²) in [5.74, 6) is 0. The van der Waals surface area contributed by atoms with Crippen molar-refractivity contribution in [3.05, 3.63) is 33.9 Å². The van der Waals surface area contributed by atoms with Crippen molar-refractivity contribution >= 4 is 21.6 Å². The minimum absolute atomic E-state index is 0.479. The monoisotopic (exact) mass is 384 g/mol. The summed E-state index contributed by atoms with van der Waals surface area (Å²) >= 11 is 0. The van der Waals surface area contributed by atoms with Gasteiger partial charge in [-0.3, -0.25) is 10.1 Å². The summed E-state index contributed by atoms with van der Waals surface area (Å²) in [6.07, 6.45) is -1.02. The molecule has 0 atom stereocenters. The summed E-state index contributed by atoms with van der Waals surface area (Å²) in [5, 5.41) is 12.8. The van der Waals surface area contributed by atoms with Gasteiger partial charge in [-0.15, -0.1) is 0 Å². The van der Waals surface area contributed by atoms with Crippen LogP contribution >= 0.6 is 0 Å². The minimum Gasteiger partial charge on any atom is -0.444 e. The lowest BCUT2D eigenvalue weighted by Crippen LogP contribution is -2.33. The number of amides is 1. The quantitative estimate of drug-likeness (QED) is 0.630. The second-order valence-electron chi connectivity index (χ2n) is 5.85. The molecule has 12 heteroatoms. The van der Waals surface area contributed by atoms with E-state index in [0.717, 1.165) is 0 Å². The zero-order valence-electron chi connectivity index (χ0n) is 13.4. The normalized spacial score (nSPS) is 12.6. The maximum absolute atomic E-state index is 12.7. The molecule has 0 aliphatic heterocycles. The number of nitrogens with zero attached hydrogens (tertiary/aromatic N) is 1. The fourth-order valence-electron chi connectivity index (χ4n) is 1.69. The number of rotatable bonds is 4. The fraction of sp³-hybridized carbons (Fsp3) is 0.462. The van der Waals surface area contributed by atoms with Gasteiger partial charge >= 0.3 is 11.6 Å². The van der Waals surface area contributed by atoms with E-state index in [1.54, 1.807) is 20.8 Å². The van der Waals surface area contributed by atoms with Gasteiger partial charge in [-0.05, 0) is 32.4 Å². The van der Waals surface area contributed by atoms with Crippen molar-refractivity contribution in [2.45, 2.75) is 43.3 Å². The number of alkyl carbamates (subject to hydrolysis) is 1. The van der Waals surface area contributed by atoms with Crippen molar-refractivity contribution in [1.29, 1.82) is 0 Å². The molecule has 1 rings (SSSR count). The maximum atomic E-state index is 12.7. The van der Waals surface area contributed by atoms with E-state index in [4.69, 9.17) is 4.74 Å². The van der Waals surface area contributed by atoms with Gasteiger partial charge in [0.25, 0.3) is 15.5 Å². The third-order valence-electron chi connectivity index (χ3n) is 2.67. The highest BCUT2D eigenvalue weighted by atomic mass is 32.2. The third kappa shape index (κ3) is 5.31. The van der Waals surface area contributed by atoms with Crippen LogP contribution in [-0.4, -0.2) is 30.5 Å². The Morgan fingerprint density at radius 1 is 1.28 bits per heavy atom. The molecule has 0 aliphatic rings. The molecule has 0 fully saturated rings. The Morgan fingerprint density at radius 3 is 2.28 bits per heavy atom. The van der Waals surface area contributed by atoms with Crippen LogP contribution in [-0.2, 0) is 21.1 Å². The fourth-order valence-corrected chi connectivity index (χ4v) is 2.66. The average molecular weight is 384 g/mol. The summed E-state index contributed by atoms with van der Waals surface area (Å²) < 4.78 is 66.3. The molecule has 0 radical (unpaired) electrons. The van der Waals surface area contributed by atoms with Gasteiger partial charge in [-0.1, -0.05) is 0 Å². The van der Waals surface area contributed by atoms with E-state index >= 15 is 0 Å². The van der Waals surface area contributed by atoms with Crippen molar-refractivity contribution < 1.29 is 36.0 Å². The molecule has 0 heterocycles. The lowest BCUT2D eigenvalue weighted by atomic mass is 10.2. The largest absolute Gasteiger partial charge is 0.501 e. The number of carbonyl (C=O) groups excluding carboxylic acids is 1. The van der Waals surface area contributed by atoms with E-state index in [0.29, 0.717) is 18.2 Å². The lowest BCUT2D eigenvalue weighted by Gasteiger charge is -2.20. The highest BCUT2D eigenvalue weighted by molar-refractivity contribution is 7.92. The number of non-ortho nitro benzene ring substituents is 1. The second kappa shape index (κ2) is 6.86. The number of nitro groups is 1. The van der Waals surface area contributed by atoms with E-state index in [-0.39, 0.29) is 0 Å². The molecule has 0 aliphatic carbocycles. The predicted octanol–water partition coefficient (Wildman–Crippen LogP) is 2.91. The molecule has 140 valence electrons. The molecule has 0 aromatic heterocycles. The Balaban J connectivity index is 3.25. The number of nitrogens with one attached hydrogen (secondary N) is 1. The van der Waals surface area contributed by atoms with E-state index in [1.807, 2.05) is 0 Å². The van der Waals surface area contributed by atoms with Gasteiger partial charge in [0.1, 0.15) is 5.60 Å². The number of sulfone groups is 1. The molecule has 0 saturated heterocycles. The number of carbonyl (C=O) groups is 1. The highest BCUT2D eigenvalue weighted by Crippen LogP contribution is 2.33.